The molecular formula is C16H24N4O2. The van der Waals surface area contributed by atoms with Crippen LogP contribution in [0.4, 0.5) is 0 Å². The van der Waals surface area contributed by atoms with Gasteiger partial charge < -0.3 is 15.5 Å². The Morgan fingerprint density at radius 1 is 1.32 bits per heavy atom. The van der Waals surface area contributed by atoms with Crippen LogP contribution in [0.1, 0.15) is 29.8 Å². The van der Waals surface area contributed by atoms with E-state index in [1.54, 1.807) is 24.4 Å². The quantitative estimate of drug-likeness (QED) is 0.810. The molecule has 120 valence electrons. The molecule has 6 heteroatoms. The van der Waals surface area contributed by atoms with Crippen molar-refractivity contribution in [1.29, 1.82) is 0 Å². The van der Waals surface area contributed by atoms with Gasteiger partial charge in [-0.1, -0.05) is 6.07 Å². The van der Waals surface area contributed by atoms with Crippen molar-refractivity contribution in [1.82, 2.24) is 20.5 Å². The number of nitrogens with zero attached hydrogens (tertiary/aromatic N) is 2. The molecule has 0 atom stereocenters. The number of rotatable bonds is 6. The largest absolute Gasteiger partial charge is 0.342 e. The number of pyridine rings is 1. The standard InChI is InChI=1S/C16H24N4O2/c1-17-9-5-13-6-10-20(11-7-13)15(21)12-19-16(22)14-4-2-3-8-18-14/h2-4,8,13,17H,5-7,9-12H2,1H3,(H,19,22). The average Bonchev–Trinajstić information content (AvgIpc) is 2.58. The average molecular weight is 304 g/mol. The first kappa shape index (κ1) is 16.4. The van der Waals surface area contributed by atoms with Gasteiger partial charge in [-0.25, -0.2) is 0 Å². The maximum atomic E-state index is 12.1. The summed E-state index contributed by atoms with van der Waals surface area (Å²) in [5, 5.41) is 5.80. The summed E-state index contributed by atoms with van der Waals surface area (Å²) < 4.78 is 0. The Hall–Kier alpha value is -1.95. The number of carbonyl (C=O) groups excluding carboxylic acids is 2. The van der Waals surface area contributed by atoms with E-state index in [-0.39, 0.29) is 18.4 Å². The molecule has 2 N–H and O–H groups in total. The minimum atomic E-state index is -0.308. The van der Waals surface area contributed by atoms with Gasteiger partial charge in [0.05, 0.1) is 6.54 Å². The lowest BCUT2D eigenvalue weighted by molar-refractivity contribution is -0.131. The van der Waals surface area contributed by atoms with Gasteiger partial charge in [-0.2, -0.15) is 0 Å². The SMILES string of the molecule is CNCCC1CCN(C(=O)CNC(=O)c2ccccn2)CC1. The second-order valence-corrected chi connectivity index (χ2v) is 5.61. The third-order valence-electron chi connectivity index (χ3n) is 4.07. The molecular weight excluding hydrogens is 280 g/mol. The molecule has 2 heterocycles. The maximum absolute atomic E-state index is 12.1. The van der Waals surface area contributed by atoms with Crippen molar-refractivity contribution >= 4 is 11.8 Å². The Kier molecular flexibility index (Phi) is 6.33. The van der Waals surface area contributed by atoms with Crippen LogP contribution in [0.15, 0.2) is 24.4 Å². The normalized spacial score (nSPS) is 15.6. The van der Waals surface area contributed by atoms with E-state index in [0.717, 1.165) is 38.9 Å². The number of nitrogens with one attached hydrogen (secondary N) is 2. The zero-order chi connectivity index (χ0) is 15.8. The van der Waals surface area contributed by atoms with Crippen molar-refractivity contribution in [3.63, 3.8) is 0 Å². The van der Waals surface area contributed by atoms with Crippen LogP contribution in [0.5, 0.6) is 0 Å². The Balaban J connectivity index is 1.71. The number of likely N-dealkylation sites (tertiary alicyclic amines) is 1. The highest BCUT2D eigenvalue weighted by Crippen LogP contribution is 2.19. The van der Waals surface area contributed by atoms with E-state index in [1.807, 2.05) is 11.9 Å². The van der Waals surface area contributed by atoms with Crippen molar-refractivity contribution in [3.05, 3.63) is 30.1 Å². The predicted octanol–water partition coefficient (Wildman–Crippen LogP) is 0.660. The van der Waals surface area contributed by atoms with Crippen LogP contribution in [-0.4, -0.2) is 54.9 Å². The second kappa shape index (κ2) is 8.48. The van der Waals surface area contributed by atoms with E-state index < -0.39 is 0 Å². The molecule has 0 bridgehead atoms. The zero-order valence-electron chi connectivity index (χ0n) is 13.0. The first-order valence-electron chi connectivity index (χ1n) is 7.82. The monoisotopic (exact) mass is 304 g/mol. The molecule has 0 spiro atoms. The van der Waals surface area contributed by atoms with Crippen LogP contribution in [0, 0.1) is 5.92 Å². The van der Waals surface area contributed by atoms with Crippen molar-refractivity contribution in [2.75, 3.05) is 33.2 Å². The molecule has 6 nitrogen and oxygen atoms in total. The van der Waals surface area contributed by atoms with Crippen LogP contribution in [0.25, 0.3) is 0 Å². The molecule has 2 rings (SSSR count). The Morgan fingerprint density at radius 2 is 2.09 bits per heavy atom. The molecule has 0 aromatic carbocycles. The van der Waals surface area contributed by atoms with E-state index in [0.29, 0.717) is 11.6 Å². The Bertz CT molecular complexity index is 484. The maximum Gasteiger partial charge on any atom is 0.270 e. The van der Waals surface area contributed by atoms with Gasteiger partial charge in [-0.05, 0) is 50.9 Å². The van der Waals surface area contributed by atoms with Gasteiger partial charge >= 0.3 is 0 Å². The first-order chi connectivity index (χ1) is 10.7. The Morgan fingerprint density at radius 3 is 2.73 bits per heavy atom. The van der Waals surface area contributed by atoms with Crippen LogP contribution in [0.2, 0.25) is 0 Å². The highest BCUT2D eigenvalue weighted by Gasteiger charge is 2.22. The lowest BCUT2D eigenvalue weighted by atomic mass is 9.93. The minimum Gasteiger partial charge on any atom is -0.342 e. The molecule has 1 aliphatic heterocycles. The van der Waals surface area contributed by atoms with Crippen molar-refractivity contribution < 1.29 is 9.59 Å². The summed E-state index contributed by atoms with van der Waals surface area (Å²) in [5.41, 5.74) is 0.334. The van der Waals surface area contributed by atoms with E-state index in [9.17, 15) is 9.59 Å². The summed E-state index contributed by atoms with van der Waals surface area (Å²) in [6.45, 7) is 2.63. The highest BCUT2D eigenvalue weighted by atomic mass is 16.2. The van der Waals surface area contributed by atoms with Gasteiger partial charge in [0.1, 0.15) is 5.69 Å². The zero-order valence-corrected chi connectivity index (χ0v) is 13.0. The lowest BCUT2D eigenvalue weighted by Gasteiger charge is -2.32. The molecule has 1 aromatic heterocycles. The molecule has 0 unspecified atom stereocenters. The predicted molar refractivity (Wildman–Crippen MR) is 84.4 cm³/mol. The molecule has 0 aliphatic carbocycles. The summed E-state index contributed by atoms with van der Waals surface area (Å²) in [7, 11) is 1.96. The van der Waals surface area contributed by atoms with Crippen LogP contribution in [0.3, 0.4) is 0 Å². The summed E-state index contributed by atoms with van der Waals surface area (Å²) in [5.74, 6) is 0.369. The second-order valence-electron chi connectivity index (χ2n) is 5.61. The number of hydrogen-bond acceptors (Lipinski definition) is 4. The van der Waals surface area contributed by atoms with Crippen LogP contribution >= 0.6 is 0 Å². The lowest BCUT2D eigenvalue weighted by Crippen LogP contribution is -2.44. The smallest absolute Gasteiger partial charge is 0.270 e. The van der Waals surface area contributed by atoms with E-state index in [2.05, 4.69) is 15.6 Å². The Labute approximate surface area is 131 Å². The molecule has 22 heavy (non-hydrogen) atoms. The number of aromatic nitrogens is 1. The fourth-order valence-corrected chi connectivity index (χ4v) is 2.67. The first-order valence-corrected chi connectivity index (χ1v) is 7.82. The molecule has 1 aliphatic rings. The number of carbonyl (C=O) groups is 2. The highest BCUT2D eigenvalue weighted by molar-refractivity contribution is 5.94. The van der Waals surface area contributed by atoms with Crippen molar-refractivity contribution in [2.45, 2.75) is 19.3 Å². The van der Waals surface area contributed by atoms with Gasteiger partial charge in [-0.15, -0.1) is 0 Å². The van der Waals surface area contributed by atoms with Gasteiger partial charge in [0, 0.05) is 19.3 Å². The van der Waals surface area contributed by atoms with E-state index in [4.69, 9.17) is 0 Å². The minimum absolute atomic E-state index is 0.0173. The summed E-state index contributed by atoms with van der Waals surface area (Å²) in [4.78, 5) is 29.8. The molecule has 1 aromatic rings. The third kappa shape index (κ3) is 4.80. The molecule has 2 amide bonds. The van der Waals surface area contributed by atoms with E-state index in [1.165, 1.54) is 0 Å². The molecule has 0 saturated carbocycles. The molecule has 1 saturated heterocycles. The number of piperidine rings is 1. The summed E-state index contributed by atoms with van der Waals surface area (Å²) in [6, 6.07) is 5.13. The third-order valence-corrected chi connectivity index (χ3v) is 4.07. The number of hydrogen-bond donors (Lipinski definition) is 2. The van der Waals surface area contributed by atoms with Gasteiger partial charge in [-0.3, -0.25) is 14.6 Å². The summed E-state index contributed by atoms with van der Waals surface area (Å²) in [6.07, 6.45) is 4.81. The molecule has 1 fully saturated rings. The summed E-state index contributed by atoms with van der Waals surface area (Å²) >= 11 is 0. The van der Waals surface area contributed by atoms with Crippen molar-refractivity contribution in [2.24, 2.45) is 5.92 Å². The fourth-order valence-electron chi connectivity index (χ4n) is 2.67. The van der Waals surface area contributed by atoms with Crippen molar-refractivity contribution in [3.8, 4) is 0 Å². The molecule has 0 radical (unpaired) electrons. The topological polar surface area (TPSA) is 74.3 Å². The van der Waals surface area contributed by atoms with Crippen LogP contribution < -0.4 is 10.6 Å². The van der Waals surface area contributed by atoms with Gasteiger partial charge in [0.25, 0.3) is 5.91 Å². The number of amides is 2. The van der Waals surface area contributed by atoms with E-state index >= 15 is 0 Å². The fraction of sp³-hybridized carbons (Fsp3) is 0.562. The van der Waals surface area contributed by atoms with Gasteiger partial charge in [0.2, 0.25) is 5.91 Å². The van der Waals surface area contributed by atoms with Gasteiger partial charge in [0.15, 0.2) is 0 Å². The van der Waals surface area contributed by atoms with Crippen LogP contribution in [-0.2, 0) is 4.79 Å².